The van der Waals surface area contributed by atoms with Crippen LogP contribution in [-0.2, 0) is 0 Å². The minimum Gasteiger partial charge on any atom is -0.478 e. The monoisotopic (exact) mass is 377 g/mol. The molecule has 3 aromatic carbocycles. The number of rotatable bonds is 3. The topological polar surface area (TPSA) is 46.2 Å². The molecule has 0 radical (unpaired) electrons. The van der Waals surface area contributed by atoms with Gasteiger partial charge in [0.25, 0.3) is 0 Å². The largest absolute Gasteiger partial charge is 0.478 e. The lowest BCUT2D eigenvalue weighted by Crippen LogP contribution is -1.94. The third-order valence-electron chi connectivity index (χ3n) is 3.92. The molecule has 0 atom stereocenters. The van der Waals surface area contributed by atoms with Crippen LogP contribution >= 0.6 is 15.9 Å². The molecule has 4 rings (SSSR count). The summed E-state index contributed by atoms with van der Waals surface area (Å²) in [5, 5.41) is 11.9. The number of para-hydroxylation sites is 1. The van der Waals surface area contributed by atoms with E-state index in [2.05, 4.69) is 28.1 Å². The fourth-order valence-corrected chi connectivity index (χ4v) is 3.38. The summed E-state index contributed by atoms with van der Waals surface area (Å²) in [7, 11) is 0. The molecule has 0 amide bonds. The molecule has 0 spiro atoms. The van der Waals surface area contributed by atoms with E-state index in [1.54, 1.807) is 0 Å². The van der Waals surface area contributed by atoms with Gasteiger partial charge in [0.2, 0.25) is 0 Å². The molecule has 0 bridgehead atoms. The highest BCUT2D eigenvalue weighted by Gasteiger charge is 2.10. The van der Waals surface area contributed by atoms with Gasteiger partial charge in [-0.15, -0.1) is 0 Å². The molecule has 3 nitrogen and oxygen atoms in total. The lowest BCUT2D eigenvalue weighted by Gasteiger charge is -2.08. The van der Waals surface area contributed by atoms with Crippen molar-refractivity contribution in [1.82, 2.24) is 0 Å². The van der Waals surface area contributed by atoms with Crippen molar-refractivity contribution in [1.29, 1.82) is 5.26 Å². The maximum absolute atomic E-state index is 8.65. The molecule has 0 fully saturated rings. The summed E-state index contributed by atoms with van der Waals surface area (Å²) >= 11 is 3.56. The number of hydrogen-bond donors (Lipinski definition) is 0. The second kappa shape index (κ2) is 6.03. The predicted molar refractivity (Wildman–Crippen MR) is 98.0 cm³/mol. The van der Waals surface area contributed by atoms with E-state index in [0.717, 1.165) is 37.5 Å². The molecule has 0 N–H and O–H groups in total. The number of benzene rings is 3. The SMILES string of the molecule is N#CCOc1ccc2cc(-c3cc4ccccc4o3)ccc2c1Br. The first-order valence-electron chi connectivity index (χ1n) is 7.47. The van der Waals surface area contributed by atoms with Gasteiger partial charge in [-0.25, -0.2) is 0 Å². The van der Waals surface area contributed by atoms with Crippen molar-refractivity contribution in [3.8, 4) is 23.1 Å². The van der Waals surface area contributed by atoms with E-state index >= 15 is 0 Å². The Bertz CT molecular complexity index is 1060. The fraction of sp³-hybridized carbons (Fsp3) is 0.0500. The van der Waals surface area contributed by atoms with E-state index in [0.29, 0.717) is 5.75 Å². The molecule has 0 aliphatic heterocycles. The zero-order valence-electron chi connectivity index (χ0n) is 12.6. The van der Waals surface area contributed by atoms with Gasteiger partial charge in [-0.2, -0.15) is 5.26 Å². The standard InChI is InChI=1S/C20H12BrNO2/c21-20-16-7-5-15(11-13(16)6-8-18(20)23-10-9-22)19-12-14-3-1-2-4-17(14)24-19/h1-8,11-12H,10H2. The van der Waals surface area contributed by atoms with E-state index in [-0.39, 0.29) is 6.61 Å². The molecular weight excluding hydrogens is 366 g/mol. The van der Waals surface area contributed by atoms with Gasteiger partial charge in [0.05, 0.1) is 4.47 Å². The first kappa shape index (κ1) is 14.8. The summed E-state index contributed by atoms with van der Waals surface area (Å²) in [6.07, 6.45) is 0. The molecule has 4 heteroatoms. The van der Waals surface area contributed by atoms with E-state index < -0.39 is 0 Å². The lowest BCUT2D eigenvalue weighted by molar-refractivity contribution is 0.366. The maximum atomic E-state index is 8.65. The van der Waals surface area contributed by atoms with Crippen molar-refractivity contribution < 1.29 is 9.15 Å². The highest BCUT2D eigenvalue weighted by Crippen LogP contribution is 2.36. The smallest absolute Gasteiger partial charge is 0.174 e. The Morgan fingerprint density at radius 3 is 2.71 bits per heavy atom. The van der Waals surface area contributed by atoms with Crippen molar-refractivity contribution in [2.24, 2.45) is 0 Å². The summed E-state index contributed by atoms with van der Waals surface area (Å²) in [6, 6.07) is 22.0. The van der Waals surface area contributed by atoms with E-state index in [4.69, 9.17) is 14.4 Å². The van der Waals surface area contributed by atoms with Crippen molar-refractivity contribution in [3.05, 3.63) is 65.1 Å². The van der Waals surface area contributed by atoms with Gasteiger partial charge in [-0.05, 0) is 51.0 Å². The molecule has 116 valence electrons. The van der Waals surface area contributed by atoms with Gasteiger partial charge >= 0.3 is 0 Å². The van der Waals surface area contributed by atoms with Crippen molar-refractivity contribution in [3.63, 3.8) is 0 Å². The molecule has 0 aliphatic rings. The predicted octanol–water partition coefficient (Wildman–Crippen LogP) is 5.92. The van der Waals surface area contributed by atoms with Crippen LogP contribution < -0.4 is 4.74 Å². The number of ether oxygens (including phenoxy) is 1. The van der Waals surface area contributed by atoms with Crippen LogP contribution in [0.15, 0.2) is 69.6 Å². The fourth-order valence-electron chi connectivity index (χ4n) is 2.77. The molecule has 1 heterocycles. The van der Waals surface area contributed by atoms with Gasteiger partial charge in [-0.1, -0.05) is 36.4 Å². The van der Waals surface area contributed by atoms with E-state index in [1.807, 2.05) is 54.6 Å². The molecule has 4 aromatic rings. The Balaban J connectivity index is 1.79. The van der Waals surface area contributed by atoms with Crippen LogP contribution in [0.25, 0.3) is 33.1 Å². The number of furan rings is 1. The Morgan fingerprint density at radius 1 is 1.00 bits per heavy atom. The zero-order chi connectivity index (χ0) is 16.5. The quantitative estimate of drug-likeness (QED) is 0.445. The molecule has 0 unspecified atom stereocenters. The van der Waals surface area contributed by atoms with Crippen LogP contribution in [-0.4, -0.2) is 6.61 Å². The van der Waals surface area contributed by atoms with Crippen LogP contribution in [0.3, 0.4) is 0 Å². The number of nitriles is 1. The van der Waals surface area contributed by atoms with Crippen LogP contribution in [0, 0.1) is 11.3 Å². The third kappa shape index (κ3) is 2.53. The summed E-state index contributed by atoms with van der Waals surface area (Å²) in [5.74, 6) is 1.51. The molecule has 0 saturated heterocycles. The van der Waals surface area contributed by atoms with Crippen LogP contribution in [0.4, 0.5) is 0 Å². The molecule has 1 aromatic heterocycles. The molecule has 0 saturated carbocycles. The van der Waals surface area contributed by atoms with Crippen molar-refractivity contribution >= 4 is 37.7 Å². The van der Waals surface area contributed by atoms with Crippen LogP contribution in [0.5, 0.6) is 5.75 Å². The zero-order valence-corrected chi connectivity index (χ0v) is 14.2. The Kier molecular flexibility index (Phi) is 3.72. The first-order valence-corrected chi connectivity index (χ1v) is 8.26. The van der Waals surface area contributed by atoms with Crippen LogP contribution in [0.1, 0.15) is 0 Å². The van der Waals surface area contributed by atoms with Gasteiger partial charge in [0.15, 0.2) is 6.61 Å². The normalized spacial score (nSPS) is 10.8. The maximum Gasteiger partial charge on any atom is 0.174 e. The average molecular weight is 378 g/mol. The summed E-state index contributed by atoms with van der Waals surface area (Å²) in [5.41, 5.74) is 1.91. The second-order valence-corrected chi connectivity index (χ2v) is 6.20. The average Bonchev–Trinajstić information content (AvgIpc) is 3.05. The number of fused-ring (bicyclic) bond motifs is 2. The van der Waals surface area contributed by atoms with Gasteiger partial charge < -0.3 is 9.15 Å². The molecule has 0 aliphatic carbocycles. The second-order valence-electron chi connectivity index (χ2n) is 5.41. The number of nitrogens with zero attached hydrogens (tertiary/aromatic N) is 1. The molecular formula is C20H12BrNO2. The Labute approximate surface area is 147 Å². The highest BCUT2D eigenvalue weighted by molar-refractivity contribution is 9.10. The Hall–Kier alpha value is -2.77. The lowest BCUT2D eigenvalue weighted by atomic mass is 10.0. The van der Waals surface area contributed by atoms with E-state index in [1.165, 1.54) is 0 Å². The third-order valence-corrected chi connectivity index (χ3v) is 4.74. The van der Waals surface area contributed by atoms with Crippen molar-refractivity contribution in [2.45, 2.75) is 0 Å². The summed E-state index contributed by atoms with van der Waals surface area (Å²) < 4.78 is 12.2. The minimum atomic E-state index is 0.0289. The summed E-state index contributed by atoms with van der Waals surface area (Å²) in [4.78, 5) is 0. The Morgan fingerprint density at radius 2 is 1.88 bits per heavy atom. The minimum absolute atomic E-state index is 0.0289. The van der Waals surface area contributed by atoms with E-state index in [9.17, 15) is 0 Å². The van der Waals surface area contributed by atoms with Gasteiger partial charge in [0.1, 0.15) is 23.2 Å². The first-order chi connectivity index (χ1) is 11.8. The van der Waals surface area contributed by atoms with Gasteiger partial charge in [0, 0.05) is 10.9 Å². The summed E-state index contributed by atoms with van der Waals surface area (Å²) in [6.45, 7) is 0.0289. The number of halogens is 1. The molecule has 24 heavy (non-hydrogen) atoms. The number of hydrogen-bond acceptors (Lipinski definition) is 3. The highest BCUT2D eigenvalue weighted by atomic mass is 79.9. The van der Waals surface area contributed by atoms with Crippen molar-refractivity contribution in [2.75, 3.05) is 6.61 Å². The van der Waals surface area contributed by atoms with Crippen LogP contribution in [0.2, 0.25) is 0 Å². The van der Waals surface area contributed by atoms with Gasteiger partial charge in [-0.3, -0.25) is 0 Å².